The van der Waals surface area contributed by atoms with Crippen molar-refractivity contribution in [3.05, 3.63) is 29.8 Å². The van der Waals surface area contributed by atoms with Gasteiger partial charge in [-0.25, -0.2) is 0 Å². The molecule has 0 aliphatic heterocycles. The van der Waals surface area contributed by atoms with Gasteiger partial charge in [0, 0.05) is 12.6 Å². The molecule has 0 atom stereocenters. The third-order valence-corrected chi connectivity index (χ3v) is 3.28. The lowest BCUT2D eigenvalue weighted by atomic mass is 10.2. The monoisotopic (exact) mass is 233 g/mol. The van der Waals surface area contributed by atoms with Crippen LogP contribution in [0.25, 0.3) is 0 Å². The minimum atomic E-state index is 0.349. The summed E-state index contributed by atoms with van der Waals surface area (Å²) in [5.41, 5.74) is 1.32. The molecular formula is C15H23NO. The van der Waals surface area contributed by atoms with E-state index in [-0.39, 0.29) is 0 Å². The average Bonchev–Trinajstić information content (AvgIpc) is 3.18. The molecule has 0 heterocycles. The molecule has 0 amide bonds. The summed E-state index contributed by atoms with van der Waals surface area (Å²) < 4.78 is 5.95. The van der Waals surface area contributed by atoms with Crippen LogP contribution in [0.5, 0.6) is 5.75 Å². The van der Waals surface area contributed by atoms with Crippen molar-refractivity contribution in [2.45, 2.75) is 58.2 Å². The van der Waals surface area contributed by atoms with Gasteiger partial charge in [0.15, 0.2) is 0 Å². The predicted octanol–water partition coefficient (Wildman–Crippen LogP) is 3.51. The molecule has 94 valence electrons. The van der Waals surface area contributed by atoms with Crippen LogP contribution < -0.4 is 10.1 Å². The van der Waals surface area contributed by atoms with Gasteiger partial charge < -0.3 is 10.1 Å². The number of hydrogen-bond donors (Lipinski definition) is 1. The van der Waals surface area contributed by atoms with Crippen molar-refractivity contribution in [1.82, 2.24) is 5.32 Å². The van der Waals surface area contributed by atoms with Crippen LogP contribution in [0.2, 0.25) is 0 Å². The van der Waals surface area contributed by atoms with Gasteiger partial charge in [0.2, 0.25) is 0 Å². The molecule has 1 aromatic carbocycles. The van der Waals surface area contributed by atoms with Gasteiger partial charge in [-0.05, 0) is 43.4 Å². The Labute approximate surface area is 104 Å². The van der Waals surface area contributed by atoms with E-state index in [2.05, 4.69) is 43.4 Å². The number of rotatable bonds is 7. The summed E-state index contributed by atoms with van der Waals surface area (Å²) in [5.74, 6) is 1.01. The van der Waals surface area contributed by atoms with Crippen LogP contribution in [0, 0.1) is 0 Å². The third-order valence-electron chi connectivity index (χ3n) is 3.28. The summed E-state index contributed by atoms with van der Waals surface area (Å²) in [4.78, 5) is 0. The summed E-state index contributed by atoms with van der Waals surface area (Å²) in [7, 11) is 0. The van der Waals surface area contributed by atoms with Crippen molar-refractivity contribution in [3.63, 3.8) is 0 Å². The fraction of sp³-hybridized carbons (Fsp3) is 0.600. The highest BCUT2D eigenvalue weighted by Crippen LogP contribution is 2.21. The molecule has 0 saturated heterocycles. The first-order chi connectivity index (χ1) is 8.31. The van der Waals surface area contributed by atoms with Crippen molar-refractivity contribution < 1.29 is 4.74 Å². The summed E-state index contributed by atoms with van der Waals surface area (Å²) in [6.45, 7) is 5.31. The maximum atomic E-state index is 5.95. The smallest absolute Gasteiger partial charge is 0.120 e. The van der Waals surface area contributed by atoms with Crippen molar-refractivity contribution in [1.29, 1.82) is 0 Å². The minimum Gasteiger partial charge on any atom is -0.490 e. The molecule has 2 nitrogen and oxygen atoms in total. The molecule has 1 aliphatic rings. The molecule has 1 aromatic rings. The average molecular weight is 233 g/mol. The molecule has 0 spiro atoms. The van der Waals surface area contributed by atoms with Crippen LogP contribution in [-0.2, 0) is 6.54 Å². The molecule has 0 radical (unpaired) electrons. The van der Waals surface area contributed by atoms with Crippen LogP contribution in [0.4, 0.5) is 0 Å². The maximum Gasteiger partial charge on any atom is 0.120 e. The van der Waals surface area contributed by atoms with Crippen LogP contribution in [0.15, 0.2) is 24.3 Å². The Hall–Kier alpha value is -1.02. The van der Waals surface area contributed by atoms with E-state index < -0.39 is 0 Å². The number of ether oxygens (including phenoxy) is 1. The first-order valence-electron chi connectivity index (χ1n) is 6.80. The Bertz CT molecular complexity index is 343. The maximum absolute atomic E-state index is 5.95. The summed E-state index contributed by atoms with van der Waals surface area (Å²) in [6, 6.07) is 9.22. The lowest BCUT2D eigenvalue weighted by molar-refractivity contribution is 0.192. The van der Waals surface area contributed by atoms with Crippen LogP contribution in [-0.4, -0.2) is 12.1 Å². The second-order valence-electron chi connectivity index (χ2n) is 4.86. The van der Waals surface area contributed by atoms with Crippen molar-refractivity contribution in [2.24, 2.45) is 0 Å². The van der Waals surface area contributed by atoms with Gasteiger partial charge >= 0.3 is 0 Å². The molecule has 1 fully saturated rings. The number of nitrogens with one attached hydrogen (secondary N) is 1. The highest BCUT2D eigenvalue weighted by atomic mass is 16.5. The molecule has 0 unspecified atom stereocenters. The van der Waals surface area contributed by atoms with E-state index in [4.69, 9.17) is 4.74 Å². The van der Waals surface area contributed by atoms with Crippen LogP contribution >= 0.6 is 0 Å². The zero-order valence-corrected chi connectivity index (χ0v) is 10.9. The van der Waals surface area contributed by atoms with Crippen molar-refractivity contribution >= 4 is 0 Å². The Morgan fingerprint density at radius 2 is 2.06 bits per heavy atom. The zero-order valence-electron chi connectivity index (χ0n) is 10.9. The number of hydrogen-bond acceptors (Lipinski definition) is 2. The summed E-state index contributed by atoms with van der Waals surface area (Å²) >= 11 is 0. The van der Waals surface area contributed by atoms with E-state index in [1.54, 1.807) is 0 Å². The van der Waals surface area contributed by atoms with Gasteiger partial charge in [0.1, 0.15) is 5.75 Å². The fourth-order valence-corrected chi connectivity index (χ4v) is 1.93. The molecule has 2 rings (SSSR count). The lowest BCUT2D eigenvalue weighted by Gasteiger charge is -2.16. The first-order valence-corrected chi connectivity index (χ1v) is 6.80. The van der Waals surface area contributed by atoms with Gasteiger partial charge in [-0.1, -0.05) is 26.0 Å². The Kier molecular flexibility index (Phi) is 4.43. The lowest BCUT2D eigenvalue weighted by Crippen LogP contribution is -2.16. The molecule has 2 heteroatoms. The van der Waals surface area contributed by atoms with Gasteiger partial charge in [0.25, 0.3) is 0 Å². The van der Waals surface area contributed by atoms with Gasteiger partial charge in [-0.3, -0.25) is 0 Å². The molecule has 0 aromatic heterocycles. The van der Waals surface area contributed by atoms with Crippen molar-refractivity contribution in [2.75, 3.05) is 0 Å². The predicted molar refractivity (Wildman–Crippen MR) is 71.3 cm³/mol. The van der Waals surface area contributed by atoms with Gasteiger partial charge in [-0.2, -0.15) is 0 Å². The Morgan fingerprint density at radius 1 is 1.29 bits per heavy atom. The molecule has 0 bridgehead atoms. The zero-order chi connectivity index (χ0) is 12.1. The van der Waals surface area contributed by atoms with E-state index in [1.807, 2.05) is 0 Å². The van der Waals surface area contributed by atoms with E-state index in [0.717, 1.165) is 31.2 Å². The normalized spacial score (nSPS) is 15.2. The molecule has 1 saturated carbocycles. The second-order valence-corrected chi connectivity index (χ2v) is 4.86. The largest absolute Gasteiger partial charge is 0.490 e. The van der Waals surface area contributed by atoms with E-state index >= 15 is 0 Å². The van der Waals surface area contributed by atoms with Crippen molar-refractivity contribution in [3.8, 4) is 5.75 Å². The third kappa shape index (κ3) is 4.04. The SMILES string of the molecule is CCC(CC)Oc1cccc(CNC2CC2)c1. The second kappa shape index (κ2) is 6.06. The Morgan fingerprint density at radius 3 is 2.71 bits per heavy atom. The molecule has 1 N–H and O–H groups in total. The molecular weight excluding hydrogens is 210 g/mol. The topological polar surface area (TPSA) is 21.3 Å². The van der Waals surface area contributed by atoms with E-state index in [0.29, 0.717) is 6.10 Å². The van der Waals surface area contributed by atoms with E-state index in [1.165, 1.54) is 18.4 Å². The number of benzene rings is 1. The van der Waals surface area contributed by atoms with E-state index in [9.17, 15) is 0 Å². The molecule has 17 heavy (non-hydrogen) atoms. The standard InChI is InChI=1S/C15H23NO/c1-3-14(4-2)17-15-7-5-6-12(10-15)11-16-13-8-9-13/h5-7,10,13-14,16H,3-4,8-9,11H2,1-2H3. The van der Waals surface area contributed by atoms with Gasteiger partial charge in [0.05, 0.1) is 6.10 Å². The highest BCUT2D eigenvalue weighted by molar-refractivity contribution is 5.28. The van der Waals surface area contributed by atoms with Crippen LogP contribution in [0.1, 0.15) is 45.1 Å². The van der Waals surface area contributed by atoms with Gasteiger partial charge in [-0.15, -0.1) is 0 Å². The molecule has 1 aliphatic carbocycles. The van der Waals surface area contributed by atoms with Crippen LogP contribution in [0.3, 0.4) is 0 Å². The summed E-state index contributed by atoms with van der Waals surface area (Å²) in [5, 5.41) is 3.53. The first kappa shape index (κ1) is 12.4. The minimum absolute atomic E-state index is 0.349. The fourth-order valence-electron chi connectivity index (χ4n) is 1.93. The summed E-state index contributed by atoms with van der Waals surface area (Å²) in [6.07, 6.45) is 5.16. The quantitative estimate of drug-likeness (QED) is 0.778. The Balaban J connectivity index is 1.89. The highest BCUT2D eigenvalue weighted by Gasteiger charge is 2.19.